The van der Waals surface area contributed by atoms with Crippen LogP contribution in [0, 0.1) is 41.4 Å². The van der Waals surface area contributed by atoms with Gasteiger partial charge in [0.15, 0.2) is 0 Å². The second-order valence-corrected chi connectivity index (χ2v) is 31.5. The molecule has 0 aromatic rings. The monoisotopic (exact) mass is 1420 g/mol. The van der Waals surface area contributed by atoms with Gasteiger partial charge in [0.25, 0.3) is 0 Å². The van der Waals surface area contributed by atoms with Crippen molar-refractivity contribution in [3.8, 4) is 0 Å². The van der Waals surface area contributed by atoms with Crippen molar-refractivity contribution in [2.45, 2.75) is 261 Å². The summed E-state index contributed by atoms with van der Waals surface area (Å²) >= 11 is 6.45. The molecule has 0 aromatic heterocycles. The van der Waals surface area contributed by atoms with E-state index in [1.54, 1.807) is 27.9 Å². The topological polar surface area (TPSA) is 262 Å². The van der Waals surface area contributed by atoms with Gasteiger partial charge in [-0.3, -0.25) is 52.7 Å². The first kappa shape index (κ1) is 82.2. The minimum atomic E-state index is -4.50. The maximum Gasteiger partial charge on any atom is 0.393 e. The highest BCUT2D eigenvalue weighted by molar-refractivity contribution is 6.20. The molecule has 11 amide bonds. The van der Waals surface area contributed by atoms with E-state index in [4.69, 9.17) is 11.6 Å². The minimum absolute atomic E-state index is 0.00561. The predicted molar refractivity (Wildman–Crippen MR) is 372 cm³/mol. The van der Waals surface area contributed by atoms with Crippen LogP contribution in [0.3, 0.4) is 0 Å². The Morgan fingerprint density at radius 3 is 1.73 bits per heavy atom. The van der Waals surface area contributed by atoms with Crippen LogP contribution in [0.25, 0.3) is 0 Å². The quantitative estimate of drug-likeness (QED) is 0.149. The summed E-state index contributed by atoms with van der Waals surface area (Å²) in [6.45, 7) is 8.91. The molecule has 562 valence electrons. The number of carbonyl (C=O) groups is 11. The van der Waals surface area contributed by atoms with Crippen LogP contribution < -0.4 is 21.3 Å². The molecular weight excluding hydrogens is 1300 g/mol. The molecule has 2 saturated heterocycles. The highest BCUT2D eigenvalue weighted by Crippen LogP contribution is 2.44. The number of hydrogen-bond acceptors (Lipinski definition) is 12. The van der Waals surface area contributed by atoms with E-state index in [1.165, 1.54) is 76.6 Å². The van der Waals surface area contributed by atoms with Crippen LogP contribution in [0.4, 0.5) is 13.2 Å². The summed E-state index contributed by atoms with van der Waals surface area (Å²) in [4.78, 5) is 174. The molecule has 99 heavy (non-hydrogen) atoms. The lowest BCUT2D eigenvalue weighted by Crippen LogP contribution is -2.65. The molecule has 12 atom stereocenters. The van der Waals surface area contributed by atoms with Gasteiger partial charge in [-0.05, 0) is 145 Å². The number of carbonyl (C=O) groups excluding carboxylic acids is 11. The fourth-order valence-corrected chi connectivity index (χ4v) is 16.7. The first-order valence-corrected chi connectivity index (χ1v) is 37.4. The first-order valence-electron chi connectivity index (χ1n) is 37.0. The van der Waals surface area contributed by atoms with Crippen LogP contribution >= 0.6 is 11.6 Å². The minimum Gasteiger partial charge on any atom is -0.343 e. The van der Waals surface area contributed by atoms with Crippen LogP contribution in [0.1, 0.15) is 202 Å². The zero-order valence-corrected chi connectivity index (χ0v) is 62.4. The molecule has 23 nitrogen and oxygen atoms in total. The van der Waals surface area contributed by atoms with Gasteiger partial charge in [0.2, 0.25) is 65.0 Å². The lowest BCUT2D eigenvalue weighted by Gasteiger charge is -2.43. The fraction of sp³-hybridized carbons (Fsp3) is 0.847. The highest BCUT2D eigenvalue weighted by atomic mass is 35.5. The van der Waals surface area contributed by atoms with Crippen molar-refractivity contribution in [3.05, 3.63) is 0 Å². The predicted octanol–water partition coefficient (Wildman–Crippen LogP) is 6.72. The Balaban J connectivity index is 1.42. The molecule has 4 unspecified atom stereocenters. The first-order chi connectivity index (χ1) is 46.6. The zero-order valence-electron chi connectivity index (χ0n) is 61.7. The van der Waals surface area contributed by atoms with Gasteiger partial charge in [0.1, 0.15) is 41.8 Å². The number of rotatable bonds is 12. The number of likely N-dealkylation sites (N-methyl/N-ethyl adjacent to an activating group) is 8. The van der Waals surface area contributed by atoms with Gasteiger partial charge in [-0.2, -0.15) is 13.2 Å². The number of amides is 11. The van der Waals surface area contributed by atoms with Gasteiger partial charge in [0, 0.05) is 74.2 Å². The molecule has 4 aliphatic carbocycles. The van der Waals surface area contributed by atoms with Crippen molar-refractivity contribution in [2.24, 2.45) is 41.4 Å². The van der Waals surface area contributed by atoms with Gasteiger partial charge in [0.05, 0.1) is 25.6 Å². The fourth-order valence-electron chi connectivity index (χ4n) is 16.2. The average Bonchev–Trinajstić information content (AvgIpc) is 1.76. The van der Waals surface area contributed by atoms with Crippen molar-refractivity contribution in [3.63, 3.8) is 0 Å². The van der Waals surface area contributed by atoms with Gasteiger partial charge < -0.3 is 60.5 Å². The van der Waals surface area contributed by atoms with Crippen molar-refractivity contribution in [1.29, 1.82) is 0 Å². The van der Waals surface area contributed by atoms with Gasteiger partial charge in [-0.25, -0.2) is 0 Å². The van der Waals surface area contributed by atoms with E-state index in [0.29, 0.717) is 38.6 Å². The lowest BCUT2D eigenvalue weighted by atomic mass is 9.78. The van der Waals surface area contributed by atoms with Crippen LogP contribution in [0.15, 0.2) is 0 Å². The highest BCUT2D eigenvalue weighted by Gasteiger charge is 2.51. The Labute approximate surface area is 591 Å². The number of hydrogen-bond donors (Lipinski definition) is 4. The molecule has 0 bridgehead atoms. The molecule has 1 spiro atoms. The van der Waals surface area contributed by atoms with Crippen molar-refractivity contribution in [2.75, 3.05) is 89.1 Å². The summed E-state index contributed by atoms with van der Waals surface area (Å²) < 4.78 is 42.2. The van der Waals surface area contributed by atoms with E-state index in [0.717, 1.165) is 75.7 Å². The molecule has 6 aliphatic rings. The van der Waals surface area contributed by atoms with Gasteiger partial charge in [-0.15, -0.1) is 11.6 Å². The maximum atomic E-state index is 15.7. The van der Waals surface area contributed by atoms with Crippen LogP contribution in [0.2, 0.25) is 0 Å². The second kappa shape index (κ2) is 37.4. The van der Waals surface area contributed by atoms with Crippen LogP contribution in [0.5, 0.6) is 0 Å². The van der Waals surface area contributed by atoms with Crippen molar-refractivity contribution in [1.82, 2.24) is 60.5 Å². The zero-order chi connectivity index (χ0) is 73.4. The third kappa shape index (κ3) is 22.1. The summed E-state index contributed by atoms with van der Waals surface area (Å²) in [5, 5.41) is 11.2. The molecule has 2 aliphatic heterocycles. The van der Waals surface area contributed by atoms with Gasteiger partial charge in [-0.1, -0.05) is 98.3 Å². The van der Waals surface area contributed by atoms with E-state index in [-0.39, 0.29) is 100 Å². The standard InChI is InChI=1S/C72H120ClF3N12O11/c1-14-46(4)62-68(97)83(8)43-60(91)81(6)44-61(92)86(11)57(39-48-24-17-15-18-25-48)67(96)82(7)42-58(89)78-54(32-30-49-29-31-52(53(73)38-49)72(74,75)76)66(95)87(12)56(40-50-26-23-35-77-41-50)65(94)80-71(33-21-22-34-71)70(99)88(13)63(51-27-19-16-20-28-51)69(98)84(9)47(5)37-59(90)85(10)55(36-45(2)3)64(93)79-62/h45-57,62-63,77H,14-44H2,1-13H3,(H,78,89)(H,79,93)(H,80,94)/t46-,47+,49?,50?,52?,53?,54-,55-,56-,57-,62-,63-/m0/s1. The summed E-state index contributed by atoms with van der Waals surface area (Å²) in [5.74, 6) is -9.30. The smallest absolute Gasteiger partial charge is 0.343 e. The average molecular weight is 1420 g/mol. The van der Waals surface area contributed by atoms with Crippen molar-refractivity contribution < 1.29 is 65.9 Å². The Bertz CT molecular complexity index is 2780. The number of alkyl halides is 4. The number of halogens is 4. The normalized spacial score (nSPS) is 30.5. The summed E-state index contributed by atoms with van der Waals surface area (Å²) in [6, 6.07) is -7.61. The Morgan fingerprint density at radius 1 is 0.556 bits per heavy atom. The second-order valence-electron chi connectivity index (χ2n) is 30.9. The summed E-state index contributed by atoms with van der Waals surface area (Å²) in [5.41, 5.74) is -1.51. The largest absolute Gasteiger partial charge is 0.393 e. The molecule has 0 radical (unpaired) electrons. The van der Waals surface area contributed by atoms with E-state index < -0.39 is 156 Å². The van der Waals surface area contributed by atoms with Gasteiger partial charge >= 0.3 is 6.18 Å². The molecule has 2 heterocycles. The molecule has 6 rings (SSSR count). The number of nitrogens with zero attached hydrogens (tertiary/aromatic N) is 8. The van der Waals surface area contributed by atoms with E-state index in [9.17, 15) is 46.7 Å². The van der Waals surface area contributed by atoms with Crippen LogP contribution in [-0.2, 0) is 52.7 Å². The third-order valence-corrected chi connectivity index (χ3v) is 23.5. The molecular formula is C72H120ClF3N12O11. The SMILES string of the molecule is CC[C@H](C)[C@@H]1NC(=O)[C@H](CC(C)C)N(C)C(=O)C[C@@H](C)N(C)C(=O)[C@H](C2CCCCC2)N(C)C(=O)C2(CCCC2)NC(=O)[C@H](CC2CCCNC2)N(C)C(=O)[C@H](CCC2CCC(C(F)(F)F)C(Cl)C2)NC(=O)CN(C)C(=O)[C@H](CC2CCCCC2)N(C)C(=O)CN(C)C(=O)CN(C)C1=O. The maximum absolute atomic E-state index is 15.7. The molecule has 27 heteroatoms. The Kier molecular flexibility index (Phi) is 31.0. The molecule has 6 fully saturated rings. The lowest BCUT2D eigenvalue weighted by molar-refractivity contribution is -0.182. The summed E-state index contributed by atoms with van der Waals surface area (Å²) in [7, 11) is 11.9. The van der Waals surface area contributed by atoms with E-state index in [2.05, 4.69) is 21.3 Å². The van der Waals surface area contributed by atoms with Crippen LogP contribution in [-0.4, -0.2) is 253 Å². The number of nitrogens with one attached hydrogen (secondary N) is 4. The Morgan fingerprint density at radius 2 is 1.14 bits per heavy atom. The van der Waals surface area contributed by atoms with E-state index in [1.807, 2.05) is 20.8 Å². The van der Waals surface area contributed by atoms with Crippen molar-refractivity contribution >= 4 is 76.6 Å². The van der Waals surface area contributed by atoms with E-state index >= 15 is 19.2 Å². The third-order valence-electron chi connectivity index (χ3n) is 23.0. The number of piperidine rings is 1. The Hall–Kier alpha value is -5.79. The summed E-state index contributed by atoms with van der Waals surface area (Å²) in [6.07, 6.45) is 7.80. The molecule has 0 aromatic carbocycles. The molecule has 4 N–H and O–H groups in total. The molecule has 4 saturated carbocycles.